The molecule has 0 atom stereocenters. The van der Waals surface area contributed by atoms with Crippen molar-refractivity contribution >= 4 is 6.03 Å². The van der Waals surface area contributed by atoms with Gasteiger partial charge in [0, 0.05) is 38.3 Å². The lowest BCUT2D eigenvalue weighted by molar-refractivity contribution is 0.154. The van der Waals surface area contributed by atoms with Gasteiger partial charge in [-0.2, -0.15) is 0 Å². The number of amides is 2. The van der Waals surface area contributed by atoms with Crippen LogP contribution in [0.4, 0.5) is 9.18 Å². The third-order valence-corrected chi connectivity index (χ3v) is 3.18. The fourth-order valence-electron chi connectivity index (χ4n) is 1.93. The Morgan fingerprint density at radius 2 is 1.94 bits per heavy atom. The number of nitrogens with one attached hydrogen (secondary N) is 1. The van der Waals surface area contributed by atoms with Crippen LogP contribution in [0.15, 0.2) is 24.3 Å². The summed E-state index contributed by atoms with van der Waals surface area (Å²) in [7, 11) is 2.04. The van der Waals surface area contributed by atoms with Crippen molar-refractivity contribution in [3.63, 3.8) is 0 Å². The van der Waals surface area contributed by atoms with Crippen molar-refractivity contribution in [3.8, 4) is 0 Å². The summed E-state index contributed by atoms with van der Waals surface area (Å²) in [6.45, 7) is 3.44. The van der Waals surface area contributed by atoms with Crippen molar-refractivity contribution in [2.45, 2.75) is 6.54 Å². The van der Waals surface area contributed by atoms with Gasteiger partial charge in [0.2, 0.25) is 0 Å². The maximum Gasteiger partial charge on any atom is 0.317 e. The topological polar surface area (TPSA) is 35.6 Å². The molecule has 0 saturated carbocycles. The largest absolute Gasteiger partial charge is 0.334 e. The molecule has 0 aliphatic carbocycles. The molecule has 0 spiro atoms. The zero-order valence-electron chi connectivity index (χ0n) is 10.5. The summed E-state index contributed by atoms with van der Waals surface area (Å²) in [5.74, 6) is -0.281. The minimum atomic E-state index is -0.281. The van der Waals surface area contributed by atoms with Gasteiger partial charge >= 0.3 is 6.03 Å². The monoisotopic (exact) mass is 251 g/mol. The van der Waals surface area contributed by atoms with E-state index in [0.717, 1.165) is 26.2 Å². The molecule has 98 valence electrons. The van der Waals surface area contributed by atoms with Crippen molar-refractivity contribution < 1.29 is 9.18 Å². The Morgan fingerprint density at radius 1 is 1.28 bits per heavy atom. The summed E-state index contributed by atoms with van der Waals surface area (Å²) < 4.78 is 13.4. The molecule has 4 nitrogen and oxygen atoms in total. The van der Waals surface area contributed by atoms with E-state index in [-0.39, 0.29) is 18.4 Å². The van der Waals surface area contributed by atoms with Crippen molar-refractivity contribution in [1.29, 1.82) is 0 Å². The Balaban J connectivity index is 1.83. The van der Waals surface area contributed by atoms with Gasteiger partial charge < -0.3 is 15.1 Å². The molecule has 18 heavy (non-hydrogen) atoms. The first-order valence-corrected chi connectivity index (χ1v) is 6.11. The first-order valence-electron chi connectivity index (χ1n) is 6.11. The standard InChI is InChI=1S/C13H18FN3O/c1-16-6-8-17(9-7-16)13(18)15-10-11-4-2-3-5-12(11)14/h2-5H,6-10H2,1H3,(H,15,18). The van der Waals surface area contributed by atoms with E-state index in [1.807, 2.05) is 7.05 Å². The highest BCUT2D eigenvalue weighted by atomic mass is 19.1. The van der Waals surface area contributed by atoms with E-state index in [1.165, 1.54) is 6.07 Å². The highest BCUT2D eigenvalue weighted by molar-refractivity contribution is 5.74. The molecule has 1 aromatic carbocycles. The molecular weight excluding hydrogens is 233 g/mol. The summed E-state index contributed by atoms with van der Waals surface area (Å²) in [4.78, 5) is 15.8. The van der Waals surface area contributed by atoms with Crippen LogP contribution in [0.3, 0.4) is 0 Å². The summed E-state index contributed by atoms with van der Waals surface area (Å²) in [5.41, 5.74) is 0.514. The zero-order chi connectivity index (χ0) is 13.0. The van der Waals surface area contributed by atoms with Crippen LogP contribution in [-0.2, 0) is 6.54 Å². The van der Waals surface area contributed by atoms with Gasteiger partial charge in [-0.05, 0) is 13.1 Å². The number of carbonyl (C=O) groups excluding carboxylic acids is 1. The van der Waals surface area contributed by atoms with Crippen LogP contribution in [0.2, 0.25) is 0 Å². The Labute approximate surface area is 106 Å². The number of likely N-dealkylation sites (N-methyl/N-ethyl adjacent to an activating group) is 1. The second-order valence-electron chi connectivity index (χ2n) is 4.54. The summed E-state index contributed by atoms with van der Waals surface area (Å²) in [5, 5.41) is 2.75. The molecule has 2 amide bonds. The lowest BCUT2D eigenvalue weighted by atomic mass is 10.2. The lowest BCUT2D eigenvalue weighted by Gasteiger charge is -2.32. The number of carbonyl (C=O) groups is 1. The van der Waals surface area contributed by atoms with Crippen LogP contribution in [0.25, 0.3) is 0 Å². The fraction of sp³-hybridized carbons (Fsp3) is 0.462. The summed E-state index contributed by atoms with van der Waals surface area (Å²) in [6.07, 6.45) is 0. The van der Waals surface area contributed by atoms with Crippen LogP contribution in [0, 0.1) is 5.82 Å². The van der Waals surface area contributed by atoms with Crippen molar-refractivity contribution in [2.24, 2.45) is 0 Å². The second-order valence-corrected chi connectivity index (χ2v) is 4.54. The number of piperazine rings is 1. The molecule has 0 unspecified atom stereocenters. The van der Waals surface area contributed by atoms with Crippen molar-refractivity contribution in [2.75, 3.05) is 33.2 Å². The van der Waals surface area contributed by atoms with Gasteiger partial charge in [0.25, 0.3) is 0 Å². The molecule has 1 aliphatic heterocycles. The van der Waals surface area contributed by atoms with Gasteiger partial charge in [-0.1, -0.05) is 18.2 Å². The van der Waals surface area contributed by atoms with E-state index in [1.54, 1.807) is 23.1 Å². The molecule has 0 aromatic heterocycles. The number of hydrogen-bond donors (Lipinski definition) is 1. The van der Waals surface area contributed by atoms with Gasteiger partial charge in [-0.25, -0.2) is 9.18 Å². The highest BCUT2D eigenvalue weighted by Crippen LogP contribution is 2.06. The fourth-order valence-corrected chi connectivity index (χ4v) is 1.93. The third kappa shape index (κ3) is 3.20. The summed E-state index contributed by atoms with van der Waals surface area (Å²) >= 11 is 0. The molecular formula is C13H18FN3O. The smallest absolute Gasteiger partial charge is 0.317 e. The number of urea groups is 1. The van der Waals surface area contributed by atoms with Gasteiger partial charge in [0.05, 0.1) is 0 Å². The molecule has 0 radical (unpaired) electrons. The minimum absolute atomic E-state index is 0.119. The van der Waals surface area contributed by atoms with E-state index in [4.69, 9.17) is 0 Å². The van der Waals surface area contributed by atoms with Crippen LogP contribution in [0.1, 0.15) is 5.56 Å². The number of rotatable bonds is 2. The van der Waals surface area contributed by atoms with Crippen molar-refractivity contribution in [1.82, 2.24) is 15.1 Å². The first kappa shape index (κ1) is 12.8. The minimum Gasteiger partial charge on any atom is -0.334 e. The first-order chi connectivity index (χ1) is 8.66. The van der Waals surface area contributed by atoms with Crippen molar-refractivity contribution in [3.05, 3.63) is 35.6 Å². The Morgan fingerprint density at radius 3 is 2.61 bits per heavy atom. The molecule has 1 aliphatic rings. The molecule has 1 heterocycles. The van der Waals surface area contributed by atoms with Gasteiger partial charge in [0.15, 0.2) is 0 Å². The van der Waals surface area contributed by atoms with E-state index in [0.29, 0.717) is 5.56 Å². The van der Waals surface area contributed by atoms with Crippen LogP contribution in [-0.4, -0.2) is 49.1 Å². The van der Waals surface area contributed by atoms with E-state index in [2.05, 4.69) is 10.2 Å². The molecule has 1 aromatic rings. The second kappa shape index (κ2) is 5.82. The Kier molecular flexibility index (Phi) is 4.15. The molecule has 1 saturated heterocycles. The average Bonchev–Trinajstić information content (AvgIpc) is 2.38. The lowest BCUT2D eigenvalue weighted by Crippen LogP contribution is -2.50. The molecule has 0 bridgehead atoms. The average molecular weight is 251 g/mol. The molecule has 1 N–H and O–H groups in total. The normalized spacial score (nSPS) is 16.7. The quantitative estimate of drug-likeness (QED) is 0.859. The van der Waals surface area contributed by atoms with Gasteiger partial charge in [-0.15, -0.1) is 0 Å². The Bertz CT molecular complexity index is 416. The number of halogens is 1. The van der Waals surface area contributed by atoms with E-state index in [9.17, 15) is 9.18 Å². The van der Waals surface area contributed by atoms with E-state index < -0.39 is 0 Å². The van der Waals surface area contributed by atoms with Crippen LogP contribution in [0.5, 0.6) is 0 Å². The molecule has 5 heteroatoms. The number of nitrogens with zero attached hydrogens (tertiary/aromatic N) is 2. The maximum atomic E-state index is 13.4. The maximum absolute atomic E-state index is 13.4. The summed E-state index contributed by atoms with van der Waals surface area (Å²) in [6, 6.07) is 6.37. The number of benzene rings is 1. The van der Waals surface area contributed by atoms with Crippen LogP contribution >= 0.6 is 0 Å². The SMILES string of the molecule is CN1CCN(C(=O)NCc2ccccc2F)CC1. The van der Waals surface area contributed by atoms with Crippen LogP contribution < -0.4 is 5.32 Å². The third-order valence-electron chi connectivity index (χ3n) is 3.18. The predicted octanol–water partition coefficient (Wildman–Crippen LogP) is 1.28. The van der Waals surface area contributed by atoms with Gasteiger partial charge in [0.1, 0.15) is 5.82 Å². The van der Waals surface area contributed by atoms with E-state index >= 15 is 0 Å². The number of hydrogen-bond acceptors (Lipinski definition) is 2. The molecule has 2 rings (SSSR count). The Hall–Kier alpha value is -1.62. The van der Waals surface area contributed by atoms with Gasteiger partial charge in [-0.3, -0.25) is 0 Å². The molecule has 1 fully saturated rings. The predicted molar refractivity (Wildman–Crippen MR) is 67.7 cm³/mol. The highest BCUT2D eigenvalue weighted by Gasteiger charge is 2.18. The zero-order valence-corrected chi connectivity index (χ0v) is 10.5.